The average molecular weight is 252 g/mol. The van der Waals surface area contributed by atoms with E-state index in [0.29, 0.717) is 12.1 Å². The highest BCUT2D eigenvalue weighted by molar-refractivity contribution is 4.96. The summed E-state index contributed by atoms with van der Waals surface area (Å²) in [6, 6.07) is 0.749. The quantitative estimate of drug-likeness (QED) is 0.676. The number of rotatable bonds is 7. The zero-order valence-electron chi connectivity index (χ0n) is 13.1. The van der Waals surface area contributed by atoms with Crippen LogP contribution in [0.4, 0.5) is 0 Å². The molecule has 0 radical (unpaired) electrons. The van der Waals surface area contributed by atoms with E-state index >= 15 is 0 Å². The van der Waals surface area contributed by atoms with Crippen molar-refractivity contribution in [1.29, 1.82) is 0 Å². The highest BCUT2D eigenvalue weighted by Crippen LogP contribution is 2.14. The molecule has 0 aliphatic heterocycles. The molecular weight excluding hydrogens is 220 g/mol. The molecule has 0 aromatic heterocycles. The largest absolute Gasteiger partial charge is 0.307 e. The Bertz CT molecular complexity index is 227. The molecule has 0 aromatic rings. The molecule has 0 bridgehead atoms. The van der Waals surface area contributed by atoms with Gasteiger partial charge in [0.05, 0.1) is 0 Å². The summed E-state index contributed by atoms with van der Waals surface area (Å²) in [5, 5.41) is 7.37. The average Bonchev–Trinajstić information content (AvgIpc) is 2.12. The predicted molar refractivity (Wildman–Crippen MR) is 83.0 cm³/mol. The van der Waals surface area contributed by atoms with Crippen LogP contribution in [0.3, 0.4) is 0 Å². The van der Waals surface area contributed by atoms with Crippen molar-refractivity contribution in [3.63, 3.8) is 0 Å². The molecule has 0 aliphatic rings. The Hall–Kier alpha value is -0.600. The lowest BCUT2D eigenvalue weighted by Crippen LogP contribution is -2.57. The monoisotopic (exact) mass is 252 g/mol. The van der Waals surface area contributed by atoms with Gasteiger partial charge in [-0.3, -0.25) is 0 Å². The smallest absolute Gasteiger partial charge is 0.0263 e. The summed E-state index contributed by atoms with van der Waals surface area (Å²) in [5.41, 5.74) is 0.208. The first-order valence-corrected chi connectivity index (χ1v) is 6.86. The molecule has 2 atom stereocenters. The number of hydrogen-bond donors (Lipinski definition) is 2. The number of hydrogen-bond acceptors (Lipinski definition) is 2. The van der Waals surface area contributed by atoms with Crippen LogP contribution < -0.4 is 10.6 Å². The molecule has 0 rings (SSSR count). The van der Waals surface area contributed by atoms with E-state index in [1.807, 2.05) is 12.2 Å². The summed E-state index contributed by atoms with van der Waals surface area (Å²) in [6.45, 7) is 20.9. The van der Waals surface area contributed by atoms with Crippen LogP contribution in [-0.4, -0.2) is 23.2 Å². The standard InChI is InChI=1S/C16H32N2/c1-9-11-13(17-15(3,4)5)14(12-10-2)18-16(6,7)8/h9-10,13-14,17-18H,1-2,11-12H2,3-8H3. The lowest BCUT2D eigenvalue weighted by atomic mass is 9.94. The summed E-state index contributed by atoms with van der Waals surface area (Å²) in [7, 11) is 0. The molecule has 0 amide bonds. The Morgan fingerprint density at radius 3 is 1.22 bits per heavy atom. The van der Waals surface area contributed by atoms with Gasteiger partial charge in [0.25, 0.3) is 0 Å². The van der Waals surface area contributed by atoms with E-state index in [0.717, 1.165) is 12.8 Å². The van der Waals surface area contributed by atoms with Crippen LogP contribution in [-0.2, 0) is 0 Å². The van der Waals surface area contributed by atoms with E-state index < -0.39 is 0 Å². The fourth-order valence-electron chi connectivity index (χ4n) is 2.12. The number of nitrogens with one attached hydrogen (secondary N) is 2. The first-order chi connectivity index (χ1) is 8.09. The van der Waals surface area contributed by atoms with E-state index in [1.54, 1.807) is 0 Å². The third kappa shape index (κ3) is 8.48. The lowest BCUT2D eigenvalue weighted by Gasteiger charge is -2.37. The SMILES string of the molecule is C=CCC(NC(C)(C)C)C(CC=C)NC(C)(C)C. The normalized spacial score (nSPS) is 16.1. The van der Waals surface area contributed by atoms with Crippen LogP contribution in [0.15, 0.2) is 25.3 Å². The van der Waals surface area contributed by atoms with Crippen LogP contribution >= 0.6 is 0 Å². The van der Waals surface area contributed by atoms with Gasteiger partial charge in [0.15, 0.2) is 0 Å². The summed E-state index contributed by atoms with van der Waals surface area (Å²) < 4.78 is 0. The van der Waals surface area contributed by atoms with Gasteiger partial charge in [-0.15, -0.1) is 13.2 Å². The predicted octanol–water partition coefficient (Wildman–Crippen LogP) is 3.65. The third-order valence-electron chi connectivity index (χ3n) is 2.56. The fraction of sp³-hybridized carbons (Fsp3) is 0.750. The molecule has 2 unspecified atom stereocenters. The van der Waals surface area contributed by atoms with E-state index in [4.69, 9.17) is 0 Å². The molecule has 2 heteroatoms. The van der Waals surface area contributed by atoms with Gasteiger partial charge in [0.2, 0.25) is 0 Å². The van der Waals surface area contributed by atoms with Gasteiger partial charge in [0.1, 0.15) is 0 Å². The molecule has 0 heterocycles. The molecule has 0 fully saturated rings. The molecule has 2 nitrogen and oxygen atoms in total. The van der Waals surface area contributed by atoms with Crippen LogP contribution in [0.25, 0.3) is 0 Å². The van der Waals surface area contributed by atoms with Crippen molar-refractivity contribution in [3.05, 3.63) is 25.3 Å². The minimum Gasteiger partial charge on any atom is -0.307 e. The van der Waals surface area contributed by atoms with Gasteiger partial charge in [-0.1, -0.05) is 12.2 Å². The molecule has 106 valence electrons. The van der Waals surface area contributed by atoms with Crippen LogP contribution in [0.1, 0.15) is 54.4 Å². The van der Waals surface area contributed by atoms with Crippen molar-refractivity contribution < 1.29 is 0 Å². The molecule has 18 heavy (non-hydrogen) atoms. The molecular formula is C16H32N2. The van der Waals surface area contributed by atoms with Crippen LogP contribution in [0, 0.1) is 0 Å². The first-order valence-electron chi connectivity index (χ1n) is 6.86. The Morgan fingerprint density at radius 2 is 1.06 bits per heavy atom. The van der Waals surface area contributed by atoms with Crippen molar-refractivity contribution in [2.75, 3.05) is 0 Å². The highest BCUT2D eigenvalue weighted by atomic mass is 15.1. The maximum atomic E-state index is 3.88. The Morgan fingerprint density at radius 1 is 0.778 bits per heavy atom. The van der Waals surface area contributed by atoms with Gasteiger partial charge in [-0.2, -0.15) is 0 Å². The maximum Gasteiger partial charge on any atom is 0.0263 e. The van der Waals surface area contributed by atoms with E-state index in [9.17, 15) is 0 Å². The first kappa shape index (κ1) is 17.4. The van der Waals surface area contributed by atoms with Gasteiger partial charge in [-0.05, 0) is 54.4 Å². The third-order valence-corrected chi connectivity index (χ3v) is 2.56. The fourth-order valence-corrected chi connectivity index (χ4v) is 2.12. The minimum atomic E-state index is 0.104. The van der Waals surface area contributed by atoms with Gasteiger partial charge < -0.3 is 10.6 Å². The van der Waals surface area contributed by atoms with Gasteiger partial charge >= 0.3 is 0 Å². The second-order valence-electron chi connectivity index (χ2n) is 7.05. The van der Waals surface area contributed by atoms with Crippen molar-refractivity contribution in [2.45, 2.75) is 77.5 Å². The van der Waals surface area contributed by atoms with Crippen molar-refractivity contribution in [2.24, 2.45) is 0 Å². The summed E-state index contributed by atoms with van der Waals surface area (Å²) in [6.07, 6.45) is 5.89. The van der Waals surface area contributed by atoms with Crippen LogP contribution in [0.2, 0.25) is 0 Å². The summed E-state index contributed by atoms with van der Waals surface area (Å²) in [4.78, 5) is 0. The summed E-state index contributed by atoms with van der Waals surface area (Å²) in [5.74, 6) is 0. The van der Waals surface area contributed by atoms with E-state index in [-0.39, 0.29) is 11.1 Å². The minimum absolute atomic E-state index is 0.104. The second kappa shape index (κ2) is 7.10. The maximum absolute atomic E-state index is 3.88. The molecule has 0 aromatic carbocycles. The van der Waals surface area contributed by atoms with Gasteiger partial charge in [-0.25, -0.2) is 0 Å². The molecule has 0 aliphatic carbocycles. The summed E-state index contributed by atoms with van der Waals surface area (Å²) >= 11 is 0. The zero-order chi connectivity index (χ0) is 14.4. The molecule has 0 saturated heterocycles. The second-order valence-corrected chi connectivity index (χ2v) is 7.05. The molecule has 0 saturated carbocycles. The van der Waals surface area contributed by atoms with E-state index in [2.05, 4.69) is 65.3 Å². The van der Waals surface area contributed by atoms with Crippen molar-refractivity contribution >= 4 is 0 Å². The molecule has 2 N–H and O–H groups in total. The Balaban J connectivity index is 4.85. The Kier molecular flexibility index (Phi) is 6.87. The Labute approximate surface area is 114 Å². The highest BCUT2D eigenvalue weighted by Gasteiger charge is 2.26. The van der Waals surface area contributed by atoms with Crippen molar-refractivity contribution in [3.8, 4) is 0 Å². The van der Waals surface area contributed by atoms with Gasteiger partial charge in [0, 0.05) is 23.2 Å². The van der Waals surface area contributed by atoms with Crippen molar-refractivity contribution in [1.82, 2.24) is 10.6 Å². The molecule has 0 spiro atoms. The zero-order valence-corrected chi connectivity index (χ0v) is 13.1. The topological polar surface area (TPSA) is 24.1 Å². The van der Waals surface area contributed by atoms with Crippen LogP contribution in [0.5, 0.6) is 0 Å². The van der Waals surface area contributed by atoms with E-state index in [1.165, 1.54) is 0 Å². The lowest BCUT2D eigenvalue weighted by molar-refractivity contribution is 0.255.